The summed E-state index contributed by atoms with van der Waals surface area (Å²) in [7, 11) is 0. The number of nitrogen functional groups attached to an aromatic ring is 1. The number of amides is 1. The fourth-order valence-electron chi connectivity index (χ4n) is 1.02. The predicted molar refractivity (Wildman–Crippen MR) is 45.7 cm³/mol. The normalized spacial score (nSPS) is 16.1. The molecule has 0 saturated heterocycles. The Morgan fingerprint density at radius 3 is 3.08 bits per heavy atom. The number of thiazole rings is 1. The molecule has 0 aliphatic heterocycles. The molecular weight excluding hydrogens is 174 g/mol. The molecule has 1 fully saturated rings. The third kappa shape index (κ3) is 1.33. The Morgan fingerprint density at radius 2 is 2.50 bits per heavy atom. The van der Waals surface area contributed by atoms with Crippen LogP contribution in [-0.4, -0.2) is 10.9 Å². The van der Waals surface area contributed by atoms with E-state index >= 15 is 0 Å². The van der Waals surface area contributed by atoms with Gasteiger partial charge >= 0.3 is 0 Å². The van der Waals surface area contributed by atoms with Gasteiger partial charge in [-0.1, -0.05) is 0 Å². The maximum absolute atomic E-state index is 11.0. The van der Waals surface area contributed by atoms with Crippen LogP contribution in [0.5, 0.6) is 0 Å². The van der Waals surface area contributed by atoms with Crippen molar-refractivity contribution in [2.24, 2.45) is 5.84 Å². The maximum Gasteiger partial charge on any atom is 0.294 e. The second kappa shape index (κ2) is 2.84. The lowest BCUT2D eigenvalue weighted by Gasteiger charge is -1.91. The summed E-state index contributed by atoms with van der Waals surface area (Å²) in [5.41, 5.74) is 3.10. The van der Waals surface area contributed by atoms with Gasteiger partial charge in [-0.05, 0) is 12.8 Å². The van der Waals surface area contributed by atoms with Gasteiger partial charge in [-0.3, -0.25) is 10.2 Å². The maximum atomic E-state index is 11.0. The van der Waals surface area contributed by atoms with Gasteiger partial charge < -0.3 is 0 Å². The minimum atomic E-state index is -0.299. The van der Waals surface area contributed by atoms with Crippen LogP contribution in [0.3, 0.4) is 0 Å². The van der Waals surface area contributed by atoms with Crippen molar-refractivity contribution in [3.63, 3.8) is 0 Å². The van der Waals surface area contributed by atoms with Crippen molar-refractivity contribution >= 4 is 17.2 Å². The molecule has 1 heterocycles. The van der Waals surface area contributed by atoms with E-state index in [1.807, 2.05) is 5.38 Å². The van der Waals surface area contributed by atoms with Crippen LogP contribution in [0.15, 0.2) is 5.38 Å². The molecule has 0 aromatic carbocycles. The first-order valence-electron chi connectivity index (χ1n) is 3.77. The second-order valence-electron chi connectivity index (χ2n) is 2.83. The zero-order valence-electron chi connectivity index (χ0n) is 6.41. The molecule has 1 saturated carbocycles. The lowest BCUT2D eigenvalue weighted by Crippen LogP contribution is -2.29. The van der Waals surface area contributed by atoms with E-state index in [0.29, 0.717) is 10.9 Å². The molecule has 3 N–H and O–H groups in total. The summed E-state index contributed by atoms with van der Waals surface area (Å²) in [6.45, 7) is 0. The van der Waals surface area contributed by atoms with Gasteiger partial charge in [0.05, 0.1) is 5.69 Å². The molecule has 1 aliphatic carbocycles. The largest absolute Gasteiger partial charge is 0.294 e. The highest BCUT2D eigenvalue weighted by Gasteiger charge is 2.26. The van der Waals surface area contributed by atoms with Crippen LogP contribution in [0.1, 0.15) is 34.3 Å². The van der Waals surface area contributed by atoms with E-state index in [2.05, 4.69) is 10.4 Å². The zero-order valence-corrected chi connectivity index (χ0v) is 7.23. The molecular formula is C7H9N3OS. The number of rotatable bonds is 2. The van der Waals surface area contributed by atoms with E-state index in [0.717, 1.165) is 5.69 Å². The molecule has 0 atom stereocenters. The summed E-state index contributed by atoms with van der Waals surface area (Å²) in [5, 5.41) is 2.39. The standard InChI is InChI=1S/C7H9N3OS/c8-10-6(11)7-9-5(3-12-7)4-1-2-4/h3-4H,1-2,8H2,(H,10,11). The number of hydrazine groups is 1. The van der Waals surface area contributed by atoms with Crippen molar-refractivity contribution in [2.75, 3.05) is 0 Å². The van der Waals surface area contributed by atoms with E-state index in [1.54, 1.807) is 0 Å². The number of carbonyl (C=O) groups excluding carboxylic acids is 1. The molecule has 0 radical (unpaired) electrons. The molecule has 0 bridgehead atoms. The first-order chi connectivity index (χ1) is 5.81. The quantitative estimate of drug-likeness (QED) is 0.401. The van der Waals surface area contributed by atoms with Gasteiger partial charge in [-0.15, -0.1) is 11.3 Å². The first kappa shape index (κ1) is 7.70. The number of carbonyl (C=O) groups is 1. The van der Waals surface area contributed by atoms with E-state index in [1.165, 1.54) is 24.2 Å². The van der Waals surface area contributed by atoms with Crippen LogP contribution in [0.25, 0.3) is 0 Å². The Morgan fingerprint density at radius 1 is 1.75 bits per heavy atom. The number of nitrogens with one attached hydrogen (secondary N) is 1. The van der Waals surface area contributed by atoms with E-state index in [4.69, 9.17) is 5.84 Å². The Bertz CT molecular complexity index is 305. The van der Waals surface area contributed by atoms with Crippen LogP contribution in [0.4, 0.5) is 0 Å². The van der Waals surface area contributed by atoms with Crippen LogP contribution < -0.4 is 11.3 Å². The second-order valence-corrected chi connectivity index (χ2v) is 3.68. The number of aromatic nitrogens is 1. The Hall–Kier alpha value is -0.940. The summed E-state index contributed by atoms with van der Waals surface area (Å²) in [6.07, 6.45) is 2.40. The molecule has 1 aromatic rings. The van der Waals surface area contributed by atoms with Crippen molar-refractivity contribution in [2.45, 2.75) is 18.8 Å². The third-order valence-corrected chi connectivity index (χ3v) is 2.70. The van der Waals surface area contributed by atoms with Crippen molar-refractivity contribution < 1.29 is 4.79 Å². The lowest BCUT2D eigenvalue weighted by atomic mass is 10.3. The monoisotopic (exact) mass is 183 g/mol. The summed E-state index contributed by atoms with van der Waals surface area (Å²) in [6, 6.07) is 0. The summed E-state index contributed by atoms with van der Waals surface area (Å²) < 4.78 is 0. The van der Waals surface area contributed by atoms with Crippen LogP contribution >= 0.6 is 11.3 Å². The zero-order chi connectivity index (χ0) is 8.55. The molecule has 4 nitrogen and oxygen atoms in total. The van der Waals surface area contributed by atoms with Crippen molar-refractivity contribution in [1.82, 2.24) is 10.4 Å². The Balaban J connectivity index is 2.17. The highest BCUT2D eigenvalue weighted by Crippen LogP contribution is 2.40. The molecule has 1 aliphatic rings. The molecule has 2 rings (SSSR count). The smallest absolute Gasteiger partial charge is 0.288 e. The SMILES string of the molecule is NNC(=O)c1nc(C2CC2)cs1. The van der Waals surface area contributed by atoms with Crippen molar-refractivity contribution in [1.29, 1.82) is 0 Å². The van der Waals surface area contributed by atoms with Gasteiger partial charge in [0.25, 0.3) is 5.91 Å². The van der Waals surface area contributed by atoms with Crippen molar-refractivity contribution in [3.05, 3.63) is 16.1 Å². The molecule has 1 amide bonds. The van der Waals surface area contributed by atoms with Gasteiger partial charge in [0.1, 0.15) is 0 Å². The van der Waals surface area contributed by atoms with Crippen LogP contribution in [0, 0.1) is 0 Å². The predicted octanol–water partition coefficient (Wildman–Crippen LogP) is 0.624. The lowest BCUT2D eigenvalue weighted by molar-refractivity contribution is 0.0953. The number of nitrogens with two attached hydrogens (primary N) is 1. The number of hydrogen-bond donors (Lipinski definition) is 2. The van der Waals surface area contributed by atoms with Gasteiger partial charge in [-0.2, -0.15) is 0 Å². The minimum absolute atomic E-state index is 0.299. The van der Waals surface area contributed by atoms with Gasteiger partial charge in [0.15, 0.2) is 5.01 Å². The Labute approximate surface area is 73.8 Å². The molecule has 1 aromatic heterocycles. The fourth-order valence-corrected chi connectivity index (χ4v) is 1.82. The Kier molecular flexibility index (Phi) is 1.82. The topological polar surface area (TPSA) is 68.0 Å². The summed E-state index contributed by atoms with van der Waals surface area (Å²) in [5.74, 6) is 5.27. The summed E-state index contributed by atoms with van der Waals surface area (Å²) in [4.78, 5) is 15.2. The van der Waals surface area contributed by atoms with Gasteiger partial charge in [0.2, 0.25) is 0 Å². The molecule has 12 heavy (non-hydrogen) atoms. The highest BCUT2D eigenvalue weighted by molar-refractivity contribution is 7.11. The highest BCUT2D eigenvalue weighted by atomic mass is 32.1. The molecule has 5 heteroatoms. The van der Waals surface area contributed by atoms with Crippen molar-refractivity contribution in [3.8, 4) is 0 Å². The molecule has 0 spiro atoms. The van der Waals surface area contributed by atoms with Crippen LogP contribution in [0.2, 0.25) is 0 Å². The third-order valence-electron chi connectivity index (χ3n) is 1.84. The number of hydrogen-bond acceptors (Lipinski definition) is 4. The number of nitrogens with zero attached hydrogens (tertiary/aromatic N) is 1. The average molecular weight is 183 g/mol. The first-order valence-corrected chi connectivity index (χ1v) is 4.65. The van der Waals surface area contributed by atoms with Gasteiger partial charge in [0, 0.05) is 11.3 Å². The summed E-state index contributed by atoms with van der Waals surface area (Å²) >= 11 is 1.35. The fraction of sp³-hybridized carbons (Fsp3) is 0.429. The van der Waals surface area contributed by atoms with E-state index in [9.17, 15) is 4.79 Å². The minimum Gasteiger partial charge on any atom is -0.288 e. The van der Waals surface area contributed by atoms with Crippen LogP contribution in [-0.2, 0) is 0 Å². The molecule has 0 unspecified atom stereocenters. The van der Waals surface area contributed by atoms with Gasteiger partial charge in [-0.25, -0.2) is 10.8 Å². The van der Waals surface area contributed by atoms with E-state index in [-0.39, 0.29) is 5.91 Å². The molecule has 64 valence electrons. The average Bonchev–Trinajstić information content (AvgIpc) is 2.83. The van der Waals surface area contributed by atoms with E-state index < -0.39 is 0 Å².